The van der Waals surface area contributed by atoms with Crippen LogP contribution in [0, 0.1) is 0 Å². The molecule has 4 heteroatoms. The molecule has 2 N–H and O–H groups in total. The fourth-order valence-electron chi connectivity index (χ4n) is 2.77. The van der Waals surface area contributed by atoms with Crippen LogP contribution in [0.4, 0.5) is 0 Å². The van der Waals surface area contributed by atoms with Crippen molar-refractivity contribution in [1.82, 2.24) is 15.2 Å². The van der Waals surface area contributed by atoms with E-state index < -0.39 is 0 Å². The van der Waals surface area contributed by atoms with Crippen molar-refractivity contribution in [3.05, 3.63) is 30.1 Å². The third-order valence-corrected chi connectivity index (χ3v) is 4.48. The molecule has 0 bridgehead atoms. The zero-order chi connectivity index (χ0) is 15.3. The van der Waals surface area contributed by atoms with Gasteiger partial charge in [-0.3, -0.25) is 4.98 Å². The van der Waals surface area contributed by atoms with E-state index in [4.69, 9.17) is 0 Å². The number of likely N-dealkylation sites (N-methyl/N-ethyl adjacent to an activating group) is 1. The number of hydrogen-bond donors (Lipinski definition) is 2. The average Bonchev–Trinajstić information content (AvgIpc) is 3.29. The Hall–Kier alpha value is -0.970. The molecule has 0 aromatic carbocycles. The van der Waals surface area contributed by atoms with Crippen LogP contribution in [0.15, 0.2) is 24.5 Å². The Morgan fingerprint density at radius 2 is 2.10 bits per heavy atom. The van der Waals surface area contributed by atoms with Crippen LogP contribution >= 0.6 is 0 Å². The van der Waals surface area contributed by atoms with Gasteiger partial charge in [-0.15, -0.1) is 0 Å². The Labute approximate surface area is 128 Å². The molecule has 0 amide bonds. The van der Waals surface area contributed by atoms with E-state index in [9.17, 15) is 5.11 Å². The topological polar surface area (TPSA) is 48.4 Å². The minimum absolute atomic E-state index is 0.161. The molecule has 1 fully saturated rings. The van der Waals surface area contributed by atoms with Crippen molar-refractivity contribution in [1.29, 1.82) is 0 Å². The van der Waals surface area contributed by atoms with Crippen LogP contribution in [0.1, 0.15) is 38.7 Å². The van der Waals surface area contributed by atoms with Gasteiger partial charge < -0.3 is 15.3 Å². The molecule has 21 heavy (non-hydrogen) atoms. The van der Waals surface area contributed by atoms with E-state index in [1.54, 1.807) is 0 Å². The maximum atomic E-state index is 9.71. The summed E-state index contributed by atoms with van der Waals surface area (Å²) in [7, 11) is 2.17. The first-order chi connectivity index (χ1) is 10.0. The van der Waals surface area contributed by atoms with Crippen LogP contribution in [0.25, 0.3) is 0 Å². The van der Waals surface area contributed by atoms with Crippen LogP contribution in [0.5, 0.6) is 0 Å². The lowest BCUT2D eigenvalue weighted by Crippen LogP contribution is -2.51. The zero-order valence-corrected chi connectivity index (χ0v) is 13.5. The summed E-state index contributed by atoms with van der Waals surface area (Å²) in [6, 6.07) is 5.21. The minimum Gasteiger partial charge on any atom is -0.394 e. The first kappa shape index (κ1) is 16.4. The average molecular weight is 291 g/mol. The van der Waals surface area contributed by atoms with Crippen molar-refractivity contribution in [3.8, 4) is 0 Å². The molecule has 1 aromatic rings. The summed E-state index contributed by atoms with van der Waals surface area (Å²) in [5.74, 6) is 0. The second kappa shape index (κ2) is 7.34. The molecule has 1 aliphatic carbocycles. The number of aliphatic hydroxyl groups excluding tert-OH is 1. The van der Waals surface area contributed by atoms with Gasteiger partial charge in [0, 0.05) is 36.6 Å². The first-order valence-electron chi connectivity index (χ1n) is 8.00. The number of hydrogen-bond acceptors (Lipinski definition) is 4. The predicted octanol–water partition coefficient (Wildman–Crippen LogP) is 1.84. The van der Waals surface area contributed by atoms with Gasteiger partial charge in [-0.1, -0.05) is 0 Å². The van der Waals surface area contributed by atoms with Crippen molar-refractivity contribution in [2.45, 2.75) is 57.2 Å². The predicted molar refractivity (Wildman–Crippen MR) is 86.3 cm³/mol. The van der Waals surface area contributed by atoms with Crippen molar-refractivity contribution >= 4 is 0 Å². The van der Waals surface area contributed by atoms with Gasteiger partial charge in [-0.2, -0.15) is 0 Å². The van der Waals surface area contributed by atoms with E-state index in [-0.39, 0.29) is 12.1 Å². The Balaban J connectivity index is 1.79. The van der Waals surface area contributed by atoms with Crippen molar-refractivity contribution in [3.63, 3.8) is 0 Å². The molecule has 2 rings (SSSR count). The van der Waals surface area contributed by atoms with Gasteiger partial charge in [-0.05, 0) is 64.3 Å². The molecule has 4 nitrogen and oxygen atoms in total. The molecule has 2 unspecified atom stereocenters. The van der Waals surface area contributed by atoms with Gasteiger partial charge >= 0.3 is 0 Å². The monoisotopic (exact) mass is 291 g/mol. The van der Waals surface area contributed by atoms with E-state index in [0.717, 1.165) is 19.4 Å². The minimum atomic E-state index is -0.161. The highest BCUT2D eigenvalue weighted by molar-refractivity contribution is 5.10. The molecular formula is C17H29N3O. The van der Waals surface area contributed by atoms with Gasteiger partial charge in [0.15, 0.2) is 0 Å². The number of nitrogens with zero attached hydrogens (tertiary/aromatic N) is 2. The fraction of sp³-hybridized carbons (Fsp3) is 0.706. The lowest BCUT2D eigenvalue weighted by molar-refractivity contribution is 0.125. The van der Waals surface area contributed by atoms with Gasteiger partial charge in [0.2, 0.25) is 0 Å². The van der Waals surface area contributed by atoms with E-state index in [1.165, 1.54) is 18.4 Å². The molecule has 0 radical (unpaired) electrons. The van der Waals surface area contributed by atoms with Crippen LogP contribution in [0.3, 0.4) is 0 Å². The fourth-order valence-corrected chi connectivity index (χ4v) is 2.77. The number of rotatable bonds is 9. The molecule has 0 saturated heterocycles. The highest BCUT2D eigenvalue weighted by atomic mass is 16.3. The molecule has 0 aliphatic heterocycles. The SMILES string of the molecule is CC(CC(C)(CO)NC1CC1)N(C)CCc1ccncc1. The van der Waals surface area contributed by atoms with E-state index >= 15 is 0 Å². The summed E-state index contributed by atoms with van der Waals surface area (Å²) in [5.41, 5.74) is 1.16. The number of aliphatic hydroxyl groups is 1. The van der Waals surface area contributed by atoms with E-state index in [2.05, 4.69) is 48.2 Å². The summed E-state index contributed by atoms with van der Waals surface area (Å²) in [5, 5.41) is 13.3. The Morgan fingerprint density at radius 3 is 2.67 bits per heavy atom. The second-order valence-corrected chi connectivity index (χ2v) is 6.78. The van der Waals surface area contributed by atoms with Crippen LogP contribution in [-0.2, 0) is 6.42 Å². The molecule has 0 spiro atoms. The molecule has 1 aliphatic rings. The molecule has 1 saturated carbocycles. The second-order valence-electron chi connectivity index (χ2n) is 6.78. The summed E-state index contributed by atoms with van der Waals surface area (Å²) in [6.45, 7) is 5.61. The quantitative estimate of drug-likeness (QED) is 0.729. The summed E-state index contributed by atoms with van der Waals surface area (Å²) in [6.07, 6.45) is 8.20. The lowest BCUT2D eigenvalue weighted by atomic mass is 9.93. The van der Waals surface area contributed by atoms with Crippen molar-refractivity contribution in [2.24, 2.45) is 0 Å². The maximum absolute atomic E-state index is 9.71. The highest BCUT2D eigenvalue weighted by Gasteiger charge is 2.33. The molecule has 2 atom stereocenters. The standard InChI is InChI=1S/C17H29N3O/c1-14(12-17(2,13-21)19-16-4-5-16)20(3)11-8-15-6-9-18-10-7-15/h6-7,9-10,14,16,19,21H,4-5,8,11-13H2,1-3H3. The number of nitrogens with one attached hydrogen (secondary N) is 1. The van der Waals surface area contributed by atoms with E-state index in [1.807, 2.05) is 12.4 Å². The van der Waals surface area contributed by atoms with Crippen molar-refractivity contribution < 1.29 is 5.11 Å². The Bertz CT molecular complexity index is 421. The third-order valence-electron chi connectivity index (χ3n) is 4.48. The van der Waals surface area contributed by atoms with Crippen LogP contribution in [0.2, 0.25) is 0 Å². The zero-order valence-electron chi connectivity index (χ0n) is 13.5. The summed E-state index contributed by atoms with van der Waals surface area (Å²) in [4.78, 5) is 6.43. The lowest BCUT2D eigenvalue weighted by Gasteiger charge is -2.35. The normalized spacial score (nSPS) is 19.5. The van der Waals surface area contributed by atoms with Gasteiger partial charge in [0.1, 0.15) is 0 Å². The Morgan fingerprint density at radius 1 is 1.43 bits per heavy atom. The summed E-state index contributed by atoms with van der Waals surface area (Å²) < 4.78 is 0. The van der Waals surface area contributed by atoms with Crippen LogP contribution < -0.4 is 5.32 Å². The number of pyridine rings is 1. The third kappa shape index (κ3) is 5.38. The largest absolute Gasteiger partial charge is 0.394 e. The van der Waals surface area contributed by atoms with E-state index in [0.29, 0.717) is 12.1 Å². The smallest absolute Gasteiger partial charge is 0.0611 e. The first-order valence-corrected chi connectivity index (χ1v) is 8.00. The molecular weight excluding hydrogens is 262 g/mol. The van der Waals surface area contributed by atoms with Crippen LogP contribution in [-0.4, -0.2) is 52.8 Å². The van der Waals surface area contributed by atoms with Gasteiger partial charge in [0.25, 0.3) is 0 Å². The summed E-state index contributed by atoms with van der Waals surface area (Å²) >= 11 is 0. The van der Waals surface area contributed by atoms with Gasteiger partial charge in [0.05, 0.1) is 6.61 Å². The molecule has 1 aromatic heterocycles. The Kier molecular flexibility index (Phi) is 5.73. The number of aromatic nitrogens is 1. The highest BCUT2D eigenvalue weighted by Crippen LogP contribution is 2.25. The van der Waals surface area contributed by atoms with Gasteiger partial charge in [-0.25, -0.2) is 0 Å². The molecule has 1 heterocycles. The molecule has 118 valence electrons. The van der Waals surface area contributed by atoms with Crippen molar-refractivity contribution in [2.75, 3.05) is 20.2 Å². The maximum Gasteiger partial charge on any atom is 0.0611 e.